The van der Waals surface area contributed by atoms with Crippen molar-refractivity contribution in [2.75, 3.05) is 34.3 Å². The highest BCUT2D eigenvalue weighted by Crippen LogP contribution is 2.19. The molecule has 0 atom stereocenters. The number of nitrogens with zero attached hydrogens (tertiary/aromatic N) is 4. The normalized spacial score (nSPS) is 10.7. The van der Waals surface area contributed by atoms with E-state index >= 15 is 0 Å². The molecular formula is C50H68N6O8. The number of para-hydroxylation sites is 3. The Morgan fingerprint density at radius 2 is 0.672 bits per heavy atom. The summed E-state index contributed by atoms with van der Waals surface area (Å²) < 4.78 is 0. The number of imide groups is 4. The zero-order valence-electron chi connectivity index (χ0n) is 38.1. The number of urea groups is 2. The van der Waals surface area contributed by atoms with E-state index in [0.717, 1.165) is 75.5 Å². The van der Waals surface area contributed by atoms with Crippen LogP contribution in [0.25, 0.3) is 0 Å². The zero-order chi connectivity index (χ0) is 46.5. The van der Waals surface area contributed by atoms with Crippen LogP contribution in [-0.2, 0) is 28.8 Å². The van der Waals surface area contributed by atoms with Gasteiger partial charge in [-0.2, -0.15) is 0 Å². The number of carbonyl (C=O) groups is 8. The summed E-state index contributed by atoms with van der Waals surface area (Å²) in [5.41, 5.74) is 1.62. The third kappa shape index (κ3) is 19.1. The van der Waals surface area contributed by atoms with Gasteiger partial charge in [0.25, 0.3) is 0 Å². The van der Waals surface area contributed by atoms with Crippen LogP contribution in [0.2, 0.25) is 0 Å². The summed E-state index contributed by atoms with van der Waals surface area (Å²) in [6, 6.07) is 25.6. The molecular weight excluding hydrogens is 813 g/mol. The van der Waals surface area contributed by atoms with Gasteiger partial charge in [-0.25, -0.2) is 14.5 Å². The minimum atomic E-state index is -0.469. The molecule has 0 aromatic heterocycles. The van der Waals surface area contributed by atoms with Gasteiger partial charge in [0, 0.05) is 59.7 Å². The van der Waals surface area contributed by atoms with Gasteiger partial charge in [0.1, 0.15) is 0 Å². The van der Waals surface area contributed by atoms with Gasteiger partial charge in [-0.3, -0.25) is 43.5 Å². The van der Waals surface area contributed by atoms with Crippen molar-refractivity contribution >= 4 is 64.6 Å². The molecule has 3 rings (SSSR count). The summed E-state index contributed by atoms with van der Waals surface area (Å²) in [6.45, 7) is 5.22. The summed E-state index contributed by atoms with van der Waals surface area (Å²) in [7, 11) is 0. The molecule has 3 aromatic rings. The Morgan fingerprint density at radius 1 is 0.359 bits per heavy atom. The molecule has 64 heavy (non-hydrogen) atoms. The van der Waals surface area contributed by atoms with Crippen molar-refractivity contribution in [3.05, 3.63) is 91.0 Å². The lowest BCUT2D eigenvalue weighted by Gasteiger charge is -2.22. The zero-order valence-corrected chi connectivity index (χ0v) is 38.1. The molecule has 0 aliphatic carbocycles. The SMILES string of the molecule is CC(=O)N(C(=O)CCCCCCCNC(=O)N(CCCCCCCC(=O)N(C(C)=O)c1ccccc1)C(=O)CCCCCCCNC(=O)N(C(C)=O)c1ccccc1)c1ccccc1. The van der Waals surface area contributed by atoms with E-state index in [9.17, 15) is 38.4 Å². The van der Waals surface area contributed by atoms with Crippen molar-refractivity contribution in [2.24, 2.45) is 0 Å². The van der Waals surface area contributed by atoms with Crippen LogP contribution in [0.3, 0.4) is 0 Å². The Labute approximate surface area is 379 Å². The van der Waals surface area contributed by atoms with Crippen LogP contribution in [0.1, 0.15) is 136 Å². The fourth-order valence-corrected chi connectivity index (χ4v) is 7.38. The van der Waals surface area contributed by atoms with Crippen molar-refractivity contribution in [3.8, 4) is 0 Å². The minimum Gasteiger partial charge on any atom is -0.338 e. The van der Waals surface area contributed by atoms with Crippen molar-refractivity contribution in [1.29, 1.82) is 0 Å². The van der Waals surface area contributed by atoms with E-state index in [0.29, 0.717) is 55.8 Å². The maximum Gasteiger partial charge on any atom is 0.328 e. The van der Waals surface area contributed by atoms with Gasteiger partial charge in [-0.1, -0.05) is 112 Å². The van der Waals surface area contributed by atoms with E-state index < -0.39 is 12.1 Å². The minimum absolute atomic E-state index is 0.228. The van der Waals surface area contributed by atoms with Crippen LogP contribution in [0.5, 0.6) is 0 Å². The summed E-state index contributed by atoms with van der Waals surface area (Å²) in [5, 5.41) is 5.73. The molecule has 0 radical (unpaired) electrons. The number of hydrogen-bond acceptors (Lipinski definition) is 8. The molecule has 14 nitrogen and oxygen atoms in total. The summed E-state index contributed by atoms with van der Waals surface area (Å²) in [6.07, 6.45) is 12.0. The largest absolute Gasteiger partial charge is 0.338 e. The molecule has 0 heterocycles. The predicted octanol–water partition coefficient (Wildman–Crippen LogP) is 9.47. The first-order chi connectivity index (χ1) is 30.9. The molecule has 0 aliphatic rings. The van der Waals surface area contributed by atoms with Crippen molar-refractivity contribution in [2.45, 2.75) is 136 Å². The third-order valence-corrected chi connectivity index (χ3v) is 10.7. The molecule has 0 aliphatic heterocycles. The molecule has 2 N–H and O–H groups in total. The maximum absolute atomic E-state index is 13.4. The molecule has 0 saturated carbocycles. The molecule has 0 saturated heterocycles. The fourth-order valence-electron chi connectivity index (χ4n) is 7.38. The standard InChI is InChI=1S/C50H68N6O8/c1-40(57)54(43-28-16-13-17-29-43)47(61)35-23-8-5-10-25-37-51-49(63)53(39-27-12-6-9-24-36-48(62)55(41(2)58)44-30-18-14-19-31-44)46(60)34-22-7-4-11-26-38-52-50(64)56(42(3)59)45-32-20-15-21-33-45/h13-21,28-33H,4-12,22-27,34-39H2,1-3H3,(H,51,63)(H,52,64). The van der Waals surface area contributed by atoms with E-state index in [-0.39, 0.29) is 61.3 Å². The number of rotatable bonds is 27. The lowest BCUT2D eigenvalue weighted by Crippen LogP contribution is -2.44. The van der Waals surface area contributed by atoms with Crippen molar-refractivity contribution in [3.63, 3.8) is 0 Å². The van der Waals surface area contributed by atoms with E-state index in [2.05, 4.69) is 10.6 Å². The Hall–Kier alpha value is -6.18. The van der Waals surface area contributed by atoms with Crippen LogP contribution in [0, 0.1) is 0 Å². The Kier molecular flexibility index (Phi) is 24.5. The first-order valence-corrected chi connectivity index (χ1v) is 22.9. The average molecular weight is 881 g/mol. The summed E-state index contributed by atoms with van der Waals surface area (Å²) in [4.78, 5) is 106. The van der Waals surface area contributed by atoms with Gasteiger partial charge in [-0.05, 0) is 74.9 Å². The average Bonchev–Trinajstić information content (AvgIpc) is 3.27. The highest BCUT2D eigenvalue weighted by atomic mass is 16.2. The number of amides is 10. The number of carbonyl (C=O) groups excluding carboxylic acids is 8. The Balaban J connectivity index is 1.39. The molecule has 0 fully saturated rings. The maximum atomic E-state index is 13.4. The molecule has 14 heteroatoms. The third-order valence-electron chi connectivity index (χ3n) is 10.7. The Bertz CT molecular complexity index is 1830. The second-order valence-electron chi connectivity index (χ2n) is 15.9. The highest BCUT2D eigenvalue weighted by molar-refractivity contribution is 6.15. The van der Waals surface area contributed by atoms with Crippen molar-refractivity contribution < 1.29 is 38.4 Å². The van der Waals surface area contributed by atoms with Gasteiger partial charge in [-0.15, -0.1) is 0 Å². The van der Waals surface area contributed by atoms with Crippen LogP contribution in [-0.4, -0.2) is 72.0 Å². The van der Waals surface area contributed by atoms with Crippen LogP contribution in [0.15, 0.2) is 91.0 Å². The number of hydrogen-bond donors (Lipinski definition) is 2. The molecule has 0 bridgehead atoms. The van der Waals surface area contributed by atoms with E-state index in [1.807, 2.05) is 18.2 Å². The Morgan fingerprint density at radius 3 is 1.06 bits per heavy atom. The number of unbranched alkanes of at least 4 members (excludes halogenated alkanes) is 12. The van der Waals surface area contributed by atoms with E-state index in [4.69, 9.17) is 0 Å². The molecule has 0 spiro atoms. The van der Waals surface area contributed by atoms with E-state index in [1.54, 1.807) is 72.8 Å². The number of nitrogens with one attached hydrogen (secondary N) is 2. The molecule has 346 valence electrons. The quantitative estimate of drug-likeness (QED) is 0.0713. The van der Waals surface area contributed by atoms with Crippen LogP contribution >= 0.6 is 0 Å². The van der Waals surface area contributed by atoms with E-state index in [1.165, 1.54) is 35.5 Å². The first-order valence-electron chi connectivity index (χ1n) is 22.9. The number of benzene rings is 3. The first kappa shape index (κ1) is 52.2. The molecule has 0 unspecified atom stereocenters. The summed E-state index contributed by atoms with van der Waals surface area (Å²) >= 11 is 0. The fraction of sp³-hybridized carbons (Fsp3) is 0.480. The topological polar surface area (TPSA) is 174 Å². The second kappa shape index (κ2) is 30.0. The molecule has 3 aromatic carbocycles. The van der Waals surface area contributed by atoms with Crippen molar-refractivity contribution in [1.82, 2.24) is 15.5 Å². The highest BCUT2D eigenvalue weighted by Gasteiger charge is 2.23. The van der Waals surface area contributed by atoms with Gasteiger partial charge in [0.15, 0.2) is 0 Å². The van der Waals surface area contributed by atoms with Crippen LogP contribution < -0.4 is 25.3 Å². The number of anilines is 3. The monoisotopic (exact) mass is 881 g/mol. The summed E-state index contributed by atoms with van der Waals surface area (Å²) in [5.74, 6) is -1.71. The van der Waals surface area contributed by atoms with Gasteiger partial charge in [0.2, 0.25) is 35.4 Å². The van der Waals surface area contributed by atoms with Gasteiger partial charge >= 0.3 is 12.1 Å². The predicted molar refractivity (Wildman–Crippen MR) is 250 cm³/mol. The lowest BCUT2D eigenvalue weighted by atomic mass is 10.1. The van der Waals surface area contributed by atoms with Gasteiger partial charge in [0.05, 0.1) is 17.1 Å². The molecule has 10 amide bonds. The smallest absolute Gasteiger partial charge is 0.328 e. The second-order valence-corrected chi connectivity index (χ2v) is 15.9. The lowest BCUT2D eigenvalue weighted by molar-refractivity contribution is -0.129. The van der Waals surface area contributed by atoms with Crippen LogP contribution in [0.4, 0.5) is 26.7 Å². The van der Waals surface area contributed by atoms with Gasteiger partial charge < -0.3 is 10.6 Å².